The summed E-state index contributed by atoms with van der Waals surface area (Å²) in [4.78, 5) is 25.1. The predicted molar refractivity (Wildman–Crippen MR) is 171 cm³/mol. The first-order valence-electron chi connectivity index (χ1n) is 15.3. The van der Waals surface area contributed by atoms with Gasteiger partial charge in [0.2, 0.25) is 0 Å². The SMILES string of the molecule is CCCCCCCOc1ccc(/C=C/C(=O)c2cccc(OC(=O)/C=C/c3ccc(OCCCCCC)cc3)c2)cc1. The number of benzene rings is 3. The van der Waals surface area contributed by atoms with Gasteiger partial charge in [0, 0.05) is 11.6 Å². The Morgan fingerprint density at radius 2 is 1.12 bits per heavy atom. The van der Waals surface area contributed by atoms with E-state index in [1.165, 1.54) is 57.1 Å². The fourth-order valence-electron chi connectivity index (χ4n) is 4.26. The van der Waals surface area contributed by atoms with Gasteiger partial charge in [0.15, 0.2) is 5.78 Å². The molecule has 0 fully saturated rings. The third kappa shape index (κ3) is 12.6. The summed E-state index contributed by atoms with van der Waals surface area (Å²) in [5.74, 6) is 1.26. The molecule has 0 bridgehead atoms. The molecule has 5 nitrogen and oxygen atoms in total. The number of esters is 1. The van der Waals surface area contributed by atoms with Crippen molar-refractivity contribution < 1.29 is 23.8 Å². The maximum Gasteiger partial charge on any atom is 0.336 e. The van der Waals surface area contributed by atoms with Crippen LogP contribution in [0.5, 0.6) is 17.2 Å². The number of unbranched alkanes of at least 4 members (excludes halogenated alkanes) is 7. The first-order valence-corrected chi connectivity index (χ1v) is 15.3. The molecule has 0 aromatic heterocycles. The van der Waals surface area contributed by atoms with Crippen LogP contribution in [0.4, 0.5) is 0 Å². The van der Waals surface area contributed by atoms with Gasteiger partial charge in [-0.15, -0.1) is 0 Å². The highest BCUT2D eigenvalue weighted by atomic mass is 16.5. The zero-order valence-corrected chi connectivity index (χ0v) is 25.1. The van der Waals surface area contributed by atoms with Crippen molar-refractivity contribution in [2.45, 2.75) is 71.6 Å². The van der Waals surface area contributed by atoms with E-state index in [-0.39, 0.29) is 5.78 Å². The number of hydrogen-bond donors (Lipinski definition) is 0. The fourth-order valence-corrected chi connectivity index (χ4v) is 4.26. The van der Waals surface area contributed by atoms with Crippen molar-refractivity contribution in [3.05, 3.63) is 102 Å². The number of carbonyl (C=O) groups excluding carboxylic acids is 2. The molecule has 222 valence electrons. The molecular formula is C37H44O5. The number of ether oxygens (including phenoxy) is 3. The normalized spacial score (nSPS) is 11.2. The van der Waals surface area contributed by atoms with E-state index in [1.807, 2.05) is 48.5 Å². The van der Waals surface area contributed by atoms with Crippen LogP contribution in [0.3, 0.4) is 0 Å². The van der Waals surface area contributed by atoms with Crippen LogP contribution < -0.4 is 14.2 Å². The van der Waals surface area contributed by atoms with E-state index < -0.39 is 5.97 Å². The van der Waals surface area contributed by atoms with Gasteiger partial charge in [0.05, 0.1) is 13.2 Å². The van der Waals surface area contributed by atoms with Gasteiger partial charge in [0.1, 0.15) is 17.2 Å². The highest BCUT2D eigenvalue weighted by Gasteiger charge is 2.07. The average Bonchev–Trinajstić information content (AvgIpc) is 3.01. The Balaban J connectivity index is 1.44. The predicted octanol–water partition coefficient (Wildman–Crippen LogP) is 9.51. The third-order valence-corrected chi connectivity index (χ3v) is 6.72. The Morgan fingerprint density at radius 3 is 1.69 bits per heavy atom. The molecule has 0 heterocycles. The second-order valence-electron chi connectivity index (χ2n) is 10.3. The zero-order chi connectivity index (χ0) is 29.8. The van der Waals surface area contributed by atoms with Gasteiger partial charge >= 0.3 is 5.97 Å². The largest absolute Gasteiger partial charge is 0.494 e. The average molecular weight is 569 g/mol. The molecule has 5 heteroatoms. The van der Waals surface area contributed by atoms with Crippen LogP contribution in [0.15, 0.2) is 84.9 Å². The summed E-state index contributed by atoms with van der Waals surface area (Å²) < 4.78 is 17.0. The lowest BCUT2D eigenvalue weighted by Gasteiger charge is -2.06. The van der Waals surface area contributed by atoms with Gasteiger partial charge < -0.3 is 14.2 Å². The topological polar surface area (TPSA) is 61.8 Å². The molecule has 0 saturated heterocycles. The molecule has 0 atom stereocenters. The molecule has 3 aromatic carbocycles. The molecule has 0 aliphatic carbocycles. The van der Waals surface area contributed by atoms with Gasteiger partial charge in [-0.2, -0.15) is 0 Å². The highest BCUT2D eigenvalue weighted by Crippen LogP contribution is 2.18. The van der Waals surface area contributed by atoms with Crippen molar-refractivity contribution in [3.63, 3.8) is 0 Å². The Kier molecular flexibility index (Phi) is 14.7. The van der Waals surface area contributed by atoms with E-state index in [0.29, 0.717) is 17.9 Å². The number of carbonyl (C=O) groups is 2. The summed E-state index contributed by atoms with van der Waals surface area (Å²) in [5.41, 5.74) is 2.20. The van der Waals surface area contributed by atoms with E-state index in [1.54, 1.807) is 36.4 Å². The minimum Gasteiger partial charge on any atom is -0.494 e. The molecule has 0 N–H and O–H groups in total. The monoisotopic (exact) mass is 568 g/mol. The molecule has 0 unspecified atom stereocenters. The standard InChI is InChI=1S/C37H44O5/c1-3-5-7-9-11-28-41-33-21-15-30(16-22-33)19-25-36(38)32-13-12-14-35(29-32)42-37(39)26-20-31-17-23-34(24-18-31)40-27-10-8-6-4-2/h12-26,29H,3-11,27-28H2,1-2H3/b25-19+,26-20+. The second-order valence-corrected chi connectivity index (χ2v) is 10.3. The maximum absolute atomic E-state index is 12.7. The molecule has 0 spiro atoms. The van der Waals surface area contributed by atoms with Crippen molar-refractivity contribution in [1.29, 1.82) is 0 Å². The van der Waals surface area contributed by atoms with Crippen molar-refractivity contribution in [2.75, 3.05) is 13.2 Å². The van der Waals surface area contributed by atoms with E-state index in [9.17, 15) is 9.59 Å². The van der Waals surface area contributed by atoms with Gasteiger partial charge in [0.25, 0.3) is 0 Å². The molecule has 42 heavy (non-hydrogen) atoms. The quantitative estimate of drug-likeness (QED) is 0.0474. The van der Waals surface area contributed by atoms with Crippen LogP contribution in [-0.2, 0) is 4.79 Å². The van der Waals surface area contributed by atoms with Gasteiger partial charge in [-0.25, -0.2) is 4.79 Å². The Bertz CT molecular complexity index is 1270. The first kappa shape index (κ1) is 32.4. The molecule has 3 rings (SSSR count). The van der Waals surface area contributed by atoms with E-state index >= 15 is 0 Å². The fraction of sp³-hybridized carbons (Fsp3) is 0.351. The van der Waals surface area contributed by atoms with Crippen LogP contribution >= 0.6 is 0 Å². The Labute approximate surface area is 251 Å². The van der Waals surface area contributed by atoms with Crippen molar-refractivity contribution in [2.24, 2.45) is 0 Å². The lowest BCUT2D eigenvalue weighted by atomic mass is 10.1. The van der Waals surface area contributed by atoms with Crippen LogP contribution in [0, 0.1) is 0 Å². The number of ketones is 1. The summed E-state index contributed by atoms with van der Waals surface area (Å²) in [6, 6.07) is 21.9. The first-order chi connectivity index (χ1) is 20.6. The summed E-state index contributed by atoms with van der Waals surface area (Å²) in [5, 5.41) is 0. The van der Waals surface area contributed by atoms with Crippen LogP contribution in [-0.4, -0.2) is 25.0 Å². The minimum absolute atomic E-state index is 0.177. The maximum atomic E-state index is 12.7. The molecule has 0 saturated carbocycles. The van der Waals surface area contributed by atoms with Crippen LogP contribution in [0.1, 0.15) is 93.1 Å². The summed E-state index contributed by atoms with van der Waals surface area (Å²) in [6.45, 7) is 5.83. The minimum atomic E-state index is -0.519. The van der Waals surface area contributed by atoms with Crippen LogP contribution in [0.2, 0.25) is 0 Å². The molecule has 0 aliphatic rings. The Hall–Kier alpha value is -4.12. The molecule has 3 aromatic rings. The lowest BCUT2D eigenvalue weighted by Crippen LogP contribution is -2.04. The smallest absolute Gasteiger partial charge is 0.336 e. The summed E-state index contributed by atoms with van der Waals surface area (Å²) >= 11 is 0. The number of allylic oxidation sites excluding steroid dienone is 1. The molecule has 0 amide bonds. The van der Waals surface area contributed by atoms with Gasteiger partial charge in [-0.3, -0.25) is 4.79 Å². The summed E-state index contributed by atoms with van der Waals surface area (Å²) in [6.07, 6.45) is 17.0. The van der Waals surface area contributed by atoms with E-state index in [0.717, 1.165) is 42.1 Å². The summed E-state index contributed by atoms with van der Waals surface area (Å²) in [7, 11) is 0. The molecular weight excluding hydrogens is 524 g/mol. The van der Waals surface area contributed by atoms with Crippen molar-refractivity contribution in [3.8, 4) is 17.2 Å². The molecule has 0 aliphatic heterocycles. The number of rotatable bonds is 19. The van der Waals surface area contributed by atoms with Crippen LogP contribution in [0.25, 0.3) is 12.2 Å². The lowest BCUT2D eigenvalue weighted by molar-refractivity contribution is -0.128. The van der Waals surface area contributed by atoms with Gasteiger partial charge in [-0.1, -0.05) is 101 Å². The zero-order valence-electron chi connectivity index (χ0n) is 25.1. The van der Waals surface area contributed by atoms with E-state index in [4.69, 9.17) is 14.2 Å². The second kappa shape index (κ2) is 19.1. The highest BCUT2D eigenvalue weighted by molar-refractivity contribution is 6.07. The van der Waals surface area contributed by atoms with Gasteiger partial charge in [-0.05, 0) is 72.5 Å². The molecule has 0 radical (unpaired) electrons. The Morgan fingerprint density at radius 1 is 0.595 bits per heavy atom. The van der Waals surface area contributed by atoms with Crippen molar-refractivity contribution >= 4 is 23.9 Å². The number of hydrogen-bond acceptors (Lipinski definition) is 5. The third-order valence-electron chi connectivity index (χ3n) is 6.72. The van der Waals surface area contributed by atoms with Crippen molar-refractivity contribution in [1.82, 2.24) is 0 Å². The van der Waals surface area contributed by atoms with E-state index in [2.05, 4.69) is 13.8 Å².